The van der Waals surface area contributed by atoms with Crippen LogP contribution in [0.4, 0.5) is 14.5 Å². The summed E-state index contributed by atoms with van der Waals surface area (Å²) in [7, 11) is 0. The fourth-order valence-electron chi connectivity index (χ4n) is 4.10. The van der Waals surface area contributed by atoms with E-state index in [1.165, 1.54) is 56.6 Å². The lowest BCUT2D eigenvalue weighted by atomic mass is 9.77. The average molecular weight is 386 g/mol. The highest BCUT2D eigenvalue weighted by Crippen LogP contribution is 2.38. The van der Waals surface area contributed by atoms with Gasteiger partial charge in [-0.25, -0.2) is 8.78 Å². The number of unbranched alkanes of at least 4 members (excludes halogenated alkanes) is 1. The van der Waals surface area contributed by atoms with E-state index in [0.717, 1.165) is 12.0 Å². The molecule has 1 aliphatic rings. The number of hydrogen-bond donors (Lipinski definition) is 0. The SMILES string of the molecule is CCCCC1CCC(c2ccc(-c3cc(F)c(N=C=S)cc3F)cc2)CC1. The zero-order chi connectivity index (χ0) is 19.2. The van der Waals surface area contributed by atoms with Crippen LogP contribution in [-0.4, -0.2) is 5.16 Å². The first-order valence-corrected chi connectivity index (χ1v) is 10.2. The van der Waals surface area contributed by atoms with Gasteiger partial charge in [-0.1, -0.05) is 50.5 Å². The summed E-state index contributed by atoms with van der Waals surface area (Å²) in [5, 5.41) is 2.07. The maximum atomic E-state index is 14.4. The Balaban J connectivity index is 1.71. The van der Waals surface area contributed by atoms with E-state index in [0.29, 0.717) is 11.5 Å². The Kier molecular flexibility index (Phi) is 6.87. The Morgan fingerprint density at radius 3 is 2.37 bits per heavy atom. The molecule has 0 atom stereocenters. The van der Waals surface area contributed by atoms with Crippen LogP contribution >= 0.6 is 12.2 Å². The molecule has 0 saturated heterocycles. The van der Waals surface area contributed by atoms with E-state index in [4.69, 9.17) is 0 Å². The van der Waals surface area contributed by atoms with Gasteiger partial charge in [0.05, 0.1) is 5.16 Å². The van der Waals surface area contributed by atoms with Crippen molar-refractivity contribution in [3.05, 3.63) is 53.6 Å². The molecule has 0 bridgehead atoms. The Morgan fingerprint density at radius 1 is 1.04 bits per heavy atom. The highest BCUT2D eigenvalue weighted by molar-refractivity contribution is 7.78. The third-order valence-corrected chi connectivity index (χ3v) is 5.80. The first-order valence-electron chi connectivity index (χ1n) is 9.79. The predicted molar refractivity (Wildman–Crippen MR) is 111 cm³/mol. The Bertz CT molecular complexity index is 817. The molecule has 2 aromatic rings. The first kappa shape index (κ1) is 19.9. The van der Waals surface area contributed by atoms with Crippen LogP contribution in [0.3, 0.4) is 0 Å². The summed E-state index contributed by atoms with van der Waals surface area (Å²) >= 11 is 4.46. The minimum atomic E-state index is -0.599. The van der Waals surface area contributed by atoms with Gasteiger partial charge in [0.2, 0.25) is 0 Å². The van der Waals surface area contributed by atoms with Crippen LogP contribution in [0, 0.1) is 17.6 Å². The van der Waals surface area contributed by atoms with Gasteiger partial charge in [0.25, 0.3) is 0 Å². The van der Waals surface area contributed by atoms with Crippen molar-refractivity contribution < 1.29 is 8.78 Å². The van der Waals surface area contributed by atoms with Gasteiger partial charge in [-0.15, -0.1) is 0 Å². The number of thiocarbonyl (C=S) groups is 1. The van der Waals surface area contributed by atoms with E-state index < -0.39 is 11.6 Å². The maximum Gasteiger partial charge on any atom is 0.150 e. The molecule has 0 radical (unpaired) electrons. The second-order valence-electron chi connectivity index (χ2n) is 7.47. The van der Waals surface area contributed by atoms with E-state index in [9.17, 15) is 8.78 Å². The molecular formula is C23H25F2NS. The summed E-state index contributed by atoms with van der Waals surface area (Å²) in [6.45, 7) is 2.25. The molecule has 3 rings (SSSR count). The van der Waals surface area contributed by atoms with Crippen molar-refractivity contribution in [1.82, 2.24) is 0 Å². The lowest BCUT2D eigenvalue weighted by Crippen LogP contribution is -2.13. The average Bonchev–Trinajstić information content (AvgIpc) is 2.70. The number of rotatable bonds is 6. The molecular weight excluding hydrogens is 360 g/mol. The predicted octanol–water partition coefficient (Wildman–Crippen LogP) is 7.83. The number of nitrogens with zero attached hydrogens (tertiary/aromatic N) is 1. The Morgan fingerprint density at radius 2 is 1.74 bits per heavy atom. The van der Waals surface area contributed by atoms with Crippen LogP contribution in [0.15, 0.2) is 41.4 Å². The Hall–Kier alpha value is -1.90. The number of benzene rings is 2. The molecule has 27 heavy (non-hydrogen) atoms. The molecule has 0 aromatic heterocycles. The van der Waals surface area contributed by atoms with Crippen LogP contribution in [0.2, 0.25) is 0 Å². The summed E-state index contributed by atoms with van der Waals surface area (Å²) in [5.74, 6) is 0.353. The summed E-state index contributed by atoms with van der Waals surface area (Å²) in [6.07, 6.45) is 9.01. The second kappa shape index (κ2) is 9.34. The molecule has 2 aromatic carbocycles. The van der Waals surface area contributed by atoms with Crippen LogP contribution < -0.4 is 0 Å². The second-order valence-corrected chi connectivity index (χ2v) is 7.65. The third kappa shape index (κ3) is 4.88. The van der Waals surface area contributed by atoms with Crippen molar-refractivity contribution in [3.63, 3.8) is 0 Å². The normalized spacial score (nSPS) is 19.5. The first-order chi connectivity index (χ1) is 13.1. The molecule has 0 unspecified atom stereocenters. The molecule has 0 N–H and O–H groups in total. The van der Waals surface area contributed by atoms with Gasteiger partial charge < -0.3 is 0 Å². The van der Waals surface area contributed by atoms with Crippen molar-refractivity contribution in [2.45, 2.75) is 57.8 Å². The lowest BCUT2D eigenvalue weighted by molar-refractivity contribution is 0.304. The molecule has 0 amide bonds. The lowest BCUT2D eigenvalue weighted by Gasteiger charge is -2.29. The molecule has 1 saturated carbocycles. The molecule has 1 aliphatic carbocycles. The molecule has 142 valence electrons. The molecule has 0 spiro atoms. The van der Waals surface area contributed by atoms with Gasteiger partial charge >= 0.3 is 0 Å². The van der Waals surface area contributed by atoms with Crippen molar-refractivity contribution in [2.75, 3.05) is 0 Å². The smallest absolute Gasteiger partial charge is 0.150 e. The van der Waals surface area contributed by atoms with Crippen LogP contribution in [0.1, 0.15) is 63.4 Å². The minimum absolute atomic E-state index is 0.122. The summed E-state index contributed by atoms with van der Waals surface area (Å²) < 4.78 is 28.4. The van der Waals surface area contributed by atoms with Gasteiger partial charge in [0.15, 0.2) is 0 Å². The van der Waals surface area contributed by atoms with Crippen LogP contribution in [0.25, 0.3) is 11.1 Å². The standard InChI is InChI=1S/C23H25F2NS/c1-2-3-4-16-5-7-17(8-6-16)18-9-11-19(12-10-18)20-13-22(25)23(26-15-27)14-21(20)24/h9-14,16-17H,2-8H2,1H3. The number of aliphatic imine (C=N–C) groups is 1. The zero-order valence-corrected chi connectivity index (χ0v) is 16.5. The van der Waals surface area contributed by atoms with Crippen LogP contribution in [-0.2, 0) is 0 Å². The highest BCUT2D eigenvalue weighted by Gasteiger charge is 2.22. The van der Waals surface area contributed by atoms with Crippen molar-refractivity contribution in [3.8, 4) is 11.1 Å². The summed E-state index contributed by atoms with van der Waals surface area (Å²) in [4.78, 5) is 3.55. The van der Waals surface area contributed by atoms with Crippen molar-refractivity contribution in [2.24, 2.45) is 10.9 Å². The van der Waals surface area contributed by atoms with E-state index in [-0.39, 0.29) is 11.3 Å². The molecule has 0 aliphatic heterocycles. The van der Waals surface area contributed by atoms with E-state index in [1.807, 2.05) is 12.1 Å². The van der Waals surface area contributed by atoms with Crippen LogP contribution in [0.5, 0.6) is 0 Å². The topological polar surface area (TPSA) is 12.4 Å². The van der Waals surface area contributed by atoms with Gasteiger partial charge in [-0.05, 0) is 66.9 Å². The summed E-state index contributed by atoms with van der Waals surface area (Å²) in [5.41, 5.74) is 2.09. The molecule has 4 heteroatoms. The molecule has 1 nitrogen and oxygen atoms in total. The van der Waals surface area contributed by atoms with Gasteiger partial charge in [-0.3, -0.25) is 0 Å². The molecule has 0 heterocycles. The van der Waals surface area contributed by atoms with Gasteiger partial charge in [0.1, 0.15) is 17.3 Å². The fourth-order valence-corrected chi connectivity index (χ4v) is 4.20. The van der Waals surface area contributed by atoms with Gasteiger partial charge in [0, 0.05) is 11.6 Å². The largest absolute Gasteiger partial charge is 0.206 e. The van der Waals surface area contributed by atoms with E-state index in [2.05, 4.69) is 41.4 Å². The third-order valence-electron chi connectivity index (χ3n) is 5.71. The highest BCUT2D eigenvalue weighted by atomic mass is 32.1. The van der Waals surface area contributed by atoms with E-state index in [1.54, 1.807) is 0 Å². The van der Waals surface area contributed by atoms with Crippen molar-refractivity contribution in [1.29, 1.82) is 0 Å². The minimum Gasteiger partial charge on any atom is -0.206 e. The van der Waals surface area contributed by atoms with Gasteiger partial charge in [-0.2, -0.15) is 4.99 Å². The zero-order valence-electron chi connectivity index (χ0n) is 15.7. The van der Waals surface area contributed by atoms with Crippen molar-refractivity contribution >= 4 is 23.1 Å². The molecule has 1 fully saturated rings. The maximum absolute atomic E-state index is 14.4. The Labute approximate surface area is 165 Å². The number of isothiocyanates is 1. The summed E-state index contributed by atoms with van der Waals surface area (Å²) in [6, 6.07) is 10.1. The quantitative estimate of drug-likeness (QED) is 0.364. The van der Waals surface area contributed by atoms with E-state index >= 15 is 0 Å². The number of hydrogen-bond acceptors (Lipinski definition) is 2. The monoisotopic (exact) mass is 385 g/mol. The number of halogens is 2. The fraction of sp³-hybridized carbons (Fsp3) is 0.435.